The normalized spacial score (nSPS) is 19.0. The number of carbonyl (C=O) groups excluding carboxylic acids is 3. The number of thiazole rings is 1. The maximum absolute atomic E-state index is 13.9. The SMILES string of the molecule is Cc1cncc(C=O)c1.O=C(N[C@H]1c2ccccc2OC[C@H]1O)[C@H](Cc1ccccc1)C[C@H](O)CN1CCN(Cc2cncc(-c3cscn3)c2)C[C@H]1C(=O)NCC(F)(F)F. The Kier molecular flexibility index (Phi) is 15.7. The summed E-state index contributed by atoms with van der Waals surface area (Å²) in [4.78, 5) is 53.5. The van der Waals surface area contributed by atoms with E-state index in [1.165, 1.54) is 11.3 Å². The minimum atomic E-state index is -4.59. The molecule has 2 aromatic carbocycles. The number of rotatable bonds is 14. The molecule has 0 aliphatic carbocycles. The second kappa shape index (κ2) is 21.3. The van der Waals surface area contributed by atoms with Gasteiger partial charge in [0.15, 0.2) is 6.29 Å². The van der Waals surface area contributed by atoms with E-state index in [1.54, 1.807) is 65.5 Å². The van der Waals surface area contributed by atoms with Crippen LogP contribution in [0.25, 0.3) is 11.3 Å². The van der Waals surface area contributed by atoms with Gasteiger partial charge in [0.1, 0.15) is 31.0 Å². The molecule has 13 nitrogen and oxygen atoms in total. The Morgan fingerprint density at radius 2 is 1.79 bits per heavy atom. The lowest BCUT2D eigenvalue weighted by Crippen LogP contribution is -2.60. The molecule has 2 amide bonds. The summed E-state index contributed by atoms with van der Waals surface area (Å²) in [5, 5.41) is 29.1. The minimum absolute atomic E-state index is 0.00541. The molecule has 3 aromatic heterocycles. The number of hydrogen-bond donors (Lipinski definition) is 4. The van der Waals surface area contributed by atoms with Crippen molar-refractivity contribution in [3.63, 3.8) is 0 Å². The van der Waals surface area contributed by atoms with Crippen LogP contribution in [0.15, 0.2) is 102 Å². The van der Waals surface area contributed by atoms with Crippen LogP contribution in [0.4, 0.5) is 13.2 Å². The van der Waals surface area contributed by atoms with Crippen molar-refractivity contribution in [2.45, 2.75) is 56.8 Å². The number of hydrogen-bond acceptors (Lipinski definition) is 12. The summed E-state index contributed by atoms with van der Waals surface area (Å²) in [5.41, 5.74) is 7.38. The summed E-state index contributed by atoms with van der Waals surface area (Å²) in [6.07, 6.45) is 1.09. The first-order valence-corrected chi connectivity index (χ1v) is 20.7. The number of carbonyl (C=O) groups is 3. The van der Waals surface area contributed by atoms with Gasteiger partial charge in [0.25, 0.3) is 0 Å². The number of aliphatic hydroxyl groups excluding tert-OH is 2. The first-order chi connectivity index (χ1) is 29.3. The molecule has 2 aliphatic rings. The third kappa shape index (κ3) is 13.2. The van der Waals surface area contributed by atoms with Crippen LogP contribution in [0.5, 0.6) is 5.75 Å². The number of nitrogens with one attached hydrogen (secondary N) is 2. The highest BCUT2D eigenvalue weighted by Crippen LogP contribution is 2.33. The van der Waals surface area contributed by atoms with Crippen molar-refractivity contribution in [2.24, 2.45) is 5.92 Å². The summed E-state index contributed by atoms with van der Waals surface area (Å²) in [7, 11) is 0. The molecule has 4 N–H and O–H groups in total. The van der Waals surface area contributed by atoms with Gasteiger partial charge in [0.2, 0.25) is 11.8 Å². The Bertz CT molecular complexity index is 2200. The van der Waals surface area contributed by atoms with E-state index >= 15 is 0 Å². The first-order valence-electron chi connectivity index (χ1n) is 19.8. The first kappa shape index (κ1) is 44.9. The monoisotopic (exact) mass is 859 g/mol. The molecule has 2 aliphatic heterocycles. The predicted molar refractivity (Wildman–Crippen MR) is 222 cm³/mol. The Balaban J connectivity index is 0.000000613. The molecule has 0 radical (unpaired) electrons. The molecule has 0 bridgehead atoms. The Labute approximate surface area is 355 Å². The van der Waals surface area contributed by atoms with Crippen molar-refractivity contribution in [3.8, 4) is 17.0 Å². The fourth-order valence-electron chi connectivity index (χ4n) is 7.41. The van der Waals surface area contributed by atoms with Gasteiger partial charge >= 0.3 is 6.18 Å². The molecular formula is C44H48F3N7O6S. The number of para-hydroxylation sites is 1. The standard InChI is InChI=1S/C37H41F3N6O5S.C7H7NO/c38-37(39,40)22-42-36(50)31-19-45(17-25-13-27(16-41-15-25)30-21-52-23-43-30)10-11-46(31)18-28(47)14-26(12-24-6-2-1-3-7-24)35(49)44-34-29-8-4-5-9-33(29)51-20-32(34)48;1-6-2-7(5-9)4-8-3-6/h1-9,13,15-16,21,23,26,28,31-32,34,47-48H,10-12,14,17-20,22H2,(H,42,50)(H,44,49);2-5H,1H3/t26-,28+,31+,32-,34+;/m1./s1. The number of fused-ring (bicyclic) bond motifs is 1. The van der Waals surface area contributed by atoms with E-state index in [0.29, 0.717) is 42.9 Å². The van der Waals surface area contributed by atoms with Gasteiger partial charge in [-0.3, -0.25) is 34.2 Å². The lowest BCUT2D eigenvalue weighted by molar-refractivity contribution is -0.143. The van der Waals surface area contributed by atoms with Crippen LogP contribution < -0.4 is 15.4 Å². The molecule has 5 aromatic rings. The molecule has 17 heteroatoms. The average molecular weight is 860 g/mol. The van der Waals surface area contributed by atoms with Crippen LogP contribution >= 0.6 is 11.3 Å². The van der Waals surface area contributed by atoms with Crippen LogP contribution in [0.3, 0.4) is 0 Å². The molecule has 0 saturated carbocycles. The number of aromatic nitrogens is 3. The molecule has 1 saturated heterocycles. The zero-order chi connectivity index (χ0) is 43.4. The van der Waals surface area contributed by atoms with Crippen molar-refractivity contribution in [1.29, 1.82) is 0 Å². The molecule has 0 unspecified atom stereocenters. The number of halogens is 3. The van der Waals surface area contributed by atoms with E-state index in [9.17, 15) is 37.8 Å². The Morgan fingerprint density at radius 1 is 1.02 bits per heavy atom. The summed E-state index contributed by atoms with van der Waals surface area (Å²) in [6.45, 7) is 1.69. The Hall–Kier alpha value is -5.59. The van der Waals surface area contributed by atoms with E-state index in [4.69, 9.17) is 4.74 Å². The van der Waals surface area contributed by atoms with Gasteiger partial charge in [-0.25, -0.2) is 4.98 Å². The van der Waals surface area contributed by atoms with Gasteiger partial charge in [-0.1, -0.05) is 48.5 Å². The zero-order valence-corrected chi connectivity index (χ0v) is 34.3. The Morgan fingerprint density at radius 3 is 2.51 bits per heavy atom. The smallest absolute Gasteiger partial charge is 0.405 e. The number of piperazine rings is 1. The number of benzene rings is 2. The van der Waals surface area contributed by atoms with Crippen LogP contribution in [-0.2, 0) is 22.6 Å². The van der Waals surface area contributed by atoms with Gasteiger partial charge in [-0.05, 0) is 54.7 Å². The van der Waals surface area contributed by atoms with Gasteiger partial charge in [-0.15, -0.1) is 11.3 Å². The predicted octanol–water partition coefficient (Wildman–Crippen LogP) is 4.79. The molecule has 5 heterocycles. The van der Waals surface area contributed by atoms with Crippen molar-refractivity contribution < 1.29 is 42.5 Å². The number of β-amino-alcohol motifs (C(OH)–C–C–N with tert-alkyl or cyclic N) is 1. The van der Waals surface area contributed by atoms with Crippen LogP contribution in [0.2, 0.25) is 0 Å². The third-order valence-corrected chi connectivity index (χ3v) is 10.9. The number of nitrogens with zero attached hydrogens (tertiary/aromatic N) is 5. The average Bonchev–Trinajstić information content (AvgIpc) is 3.80. The number of amides is 2. The maximum atomic E-state index is 13.9. The number of ether oxygens (including phenoxy) is 1. The molecule has 5 atom stereocenters. The second-order valence-electron chi connectivity index (χ2n) is 15.1. The second-order valence-corrected chi connectivity index (χ2v) is 15.8. The lowest BCUT2D eigenvalue weighted by atomic mass is 9.90. The number of aliphatic hydroxyl groups is 2. The number of aryl methyl sites for hydroxylation is 1. The molecule has 0 spiro atoms. The van der Waals surface area contributed by atoms with E-state index < -0.39 is 48.8 Å². The van der Waals surface area contributed by atoms with Gasteiger partial charge in [0.05, 0.1) is 23.4 Å². The molecule has 1 fully saturated rings. The maximum Gasteiger partial charge on any atom is 0.405 e. The largest absolute Gasteiger partial charge is 0.490 e. The van der Waals surface area contributed by atoms with Crippen molar-refractivity contribution in [1.82, 2.24) is 35.4 Å². The van der Waals surface area contributed by atoms with Gasteiger partial charge in [0, 0.05) is 85.5 Å². The van der Waals surface area contributed by atoms with E-state index in [-0.39, 0.29) is 32.0 Å². The number of pyridine rings is 2. The fourth-order valence-corrected chi connectivity index (χ4v) is 7.97. The fraction of sp³-hybridized carbons (Fsp3) is 0.364. The van der Waals surface area contributed by atoms with Crippen LogP contribution in [0.1, 0.15) is 45.1 Å². The van der Waals surface area contributed by atoms with Crippen molar-refractivity contribution >= 4 is 29.4 Å². The van der Waals surface area contributed by atoms with E-state index in [1.807, 2.05) is 58.9 Å². The van der Waals surface area contributed by atoms with E-state index in [0.717, 1.165) is 34.2 Å². The highest BCUT2D eigenvalue weighted by molar-refractivity contribution is 7.07. The summed E-state index contributed by atoms with van der Waals surface area (Å²) in [6, 6.07) is 18.5. The highest BCUT2D eigenvalue weighted by Gasteiger charge is 2.38. The van der Waals surface area contributed by atoms with Crippen LogP contribution in [0, 0.1) is 12.8 Å². The topological polar surface area (TPSA) is 170 Å². The highest BCUT2D eigenvalue weighted by atomic mass is 32.1. The molecular weight excluding hydrogens is 812 g/mol. The number of aldehydes is 1. The molecule has 7 rings (SSSR count). The molecule has 61 heavy (non-hydrogen) atoms. The van der Waals surface area contributed by atoms with Gasteiger partial charge in [-0.2, -0.15) is 13.2 Å². The quantitative estimate of drug-likeness (QED) is 0.113. The van der Waals surface area contributed by atoms with Crippen molar-refractivity contribution in [3.05, 3.63) is 130 Å². The summed E-state index contributed by atoms with van der Waals surface area (Å²) < 4.78 is 45.0. The van der Waals surface area contributed by atoms with Gasteiger partial charge < -0.3 is 25.6 Å². The zero-order valence-electron chi connectivity index (χ0n) is 33.4. The summed E-state index contributed by atoms with van der Waals surface area (Å²) in [5.74, 6) is -1.33. The summed E-state index contributed by atoms with van der Waals surface area (Å²) >= 11 is 1.46. The third-order valence-electron chi connectivity index (χ3n) is 10.3. The molecule has 322 valence electrons. The lowest BCUT2D eigenvalue weighted by Gasteiger charge is -2.41. The van der Waals surface area contributed by atoms with Crippen LogP contribution in [-0.4, -0.2) is 117 Å². The number of alkyl halides is 3. The van der Waals surface area contributed by atoms with E-state index in [2.05, 4.69) is 20.3 Å². The minimum Gasteiger partial charge on any atom is -0.490 e. The van der Waals surface area contributed by atoms with Crippen molar-refractivity contribution in [2.75, 3.05) is 39.3 Å².